The summed E-state index contributed by atoms with van der Waals surface area (Å²) in [5.74, 6) is -0.108. The number of carbonyl (C=O) groups is 1. The molecule has 1 aliphatic heterocycles. The lowest BCUT2D eigenvalue weighted by Gasteiger charge is -2.30. The SMILES string of the molecule is COCc1nc(C(=O)N2CCCc3cc(Br)cc(Cl)c32)cs1. The molecule has 0 atom stereocenters. The van der Waals surface area contributed by atoms with E-state index >= 15 is 0 Å². The van der Waals surface area contributed by atoms with E-state index in [1.165, 1.54) is 11.3 Å². The van der Waals surface area contributed by atoms with Gasteiger partial charge in [0.1, 0.15) is 10.7 Å². The lowest BCUT2D eigenvalue weighted by molar-refractivity contribution is 0.0980. The van der Waals surface area contributed by atoms with Crippen molar-refractivity contribution in [3.8, 4) is 0 Å². The van der Waals surface area contributed by atoms with E-state index < -0.39 is 0 Å². The number of rotatable bonds is 3. The van der Waals surface area contributed by atoms with E-state index in [-0.39, 0.29) is 5.91 Å². The Morgan fingerprint density at radius 2 is 2.36 bits per heavy atom. The molecular formula is C15H14BrClN2O2S. The maximum absolute atomic E-state index is 12.8. The second-order valence-electron chi connectivity index (χ2n) is 5.02. The molecule has 0 saturated heterocycles. The van der Waals surface area contributed by atoms with Gasteiger partial charge in [0.2, 0.25) is 0 Å². The monoisotopic (exact) mass is 400 g/mol. The van der Waals surface area contributed by atoms with Gasteiger partial charge >= 0.3 is 0 Å². The zero-order valence-electron chi connectivity index (χ0n) is 11.9. The smallest absolute Gasteiger partial charge is 0.277 e. The average Bonchev–Trinajstić information content (AvgIpc) is 2.94. The zero-order chi connectivity index (χ0) is 15.7. The minimum absolute atomic E-state index is 0.108. The van der Waals surface area contributed by atoms with Gasteiger partial charge in [0.15, 0.2) is 0 Å². The van der Waals surface area contributed by atoms with Crippen molar-refractivity contribution in [2.24, 2.45) is 0 Å². The Morgan fingerprint density at radius 1 is 1.55 bits per heavy atom. The molecule has 116 valence electrons. The topological polar surface area (TPSA) is 42.4 Å². The number of hydrogen-bond donors (Lipinski definition) is 0. The number of thiazole rings is 1. The maximum Gasteiger partial charge on any atom is 0.277 e. The van der Waals surface area contributed by atoms with Crippen LogP contribution in [0.15, 0.2) is 22.0 Å². The first-order valence-electron chi connectivity index (χ1n) is 6.83. The molecule has 22 heavy (non-hydrogen) atoms. The lowest BCUT2D eigenvalue weighted by atomic mass is 10.0. The van der Waals surface area contributed by atoms with Gasteiger partial charge in [0, 0.05) is 23.5 Å². The summed E-state index contributed by atoms with van der Waals surface area (Å²) in [7, 11) is 1.61. The summed E-state index contributed by atoms with van der Waals surface area (Å²) in [6.07, 6.45) is 1.84. The molecule has 0 saturated carbocycles. The van der Waals surface area contributed by atoms with Crippen molar-refractivity contribution < 1.29 is 9.53 Å². The number of methoxy groups -OCH3 is 1. The van der Waals surface area contributed by atoms with Crippen molar-refractivity contribution >= 4 is 50.5 Å². The van der Waals surface area contributed by atoms with Gasteiger partial charge < -0.3 is 9.64 Å². The molecule has 2 aromatic rings. The van der Waals surface area contributed by atoms with Crippen LogP contribution in [0.4, 0.5) is 5.69 Å². The number of aromatic nitrogens is 1. The number of anilines is 1. The van der Waals surface area contributed by atoms with Crippen LogP contribution < -0.4 is 4.90 Å². The first kappa shape index (κ1) is 15.9. The Balaban J connectivity index is 1.94. The third-order valence-corrected chi connectivity index (χ3v) is 5.06. The second kappa shape index (κ2) is 6.66. The van der Waals surface area contributed by atoms with E-state index in [4.69, 9.17) is 16.3 Å². The summed E-state index contributed by atoms with van der Waals surface area (Å²) in [6, 6.07) is 3.85. The predicted octanol–water partition coefficient (Wildman–Crippen LogP) is 4.30. The molecule has 1 amide bonds. The van der Waals surface area contributed by atoms with E-state index in [2.05, 4.69) is 20.9 Å². The maximum atomic E-state index is 12.8. The van der Waals surface area contributed by atoms with Gasteiger partial charge in [-0.05, 0) is 30.5 Å². The number of hydrogen-bond acceptors (Lipinski definition) is 4. The van der Waals surface area contributed by atoms with Crippen molar-refractivity contribution in [3.63, 3.8) is 0 Å². The molecule has 0 aliphatic carbocycles. The van der Waals surface area contributed by atoms with Gasteiger partial charge in [0.25, 0.3) is 5.91 Å². The summed E-state index contributed by atoms with van der Waals surface area (Å²) in [5.41, 5.74) is 2.35. The highest BCUT2D eigenvalue weighted by Crippen LogP contribution is 2.37. The highest BCUT2D eigenvalue weighted by atomic mass is 79.9. The predicted molar refractivity (Wildman–Crippen MR) is 92.0 cm³/mol. The lowest BCUT2D eigenvalue weighted by Crippen LogP contribution is -2.36. The van der Waals surface area contributed by atoms with Crippen LogP contribution in [-0.2, 0) is 17.8 Å². The number of fused-ring (bicyclic) bond motifs is 1. The first-order valence-corrected chi connectivity index (χ1v) is 8.88. The van der Waals surface area contributed by atoms with E-state index in [1.54, 1.807) is 17.4 Å². The van der Waals surface area contributed by atoms with Crippen molar-refractivity contribution in [1.29, 1.82) is 0 Å². The van der Waals surface area contributed by atoms with Crippen LogP contribution in [0.5, 0.6) is 0 Å². The fraction of sp³-hybridized carbons (Fsp3) is 0.333. The van der Waals surface area contributed by atoms with Gasteiger partial charge in [-0.1, -0.05) is 27.5 Å². The van der Waals surface area contributed by atoms with E-state index in [0.717, 1.165) is 33.6 Å². The Morgan fingerprint density at radius 3 is 3.14 bits per heavy atom. The molecule has 1 aliphatic rings. The number of ether oxygens (including phenoxy) is 1. The fourth-order valence-electron chi connectivity index (χ4n) is 2.59. The molecule has 0 spiro atoms. The molecule has 1 aromatic carbocycles. The molecule has 2 heterocycles. The van der Waals surface area contributed by atoms with E-state index in [9.17, 15) is 4.79 Å². The van der Waals surface area contributed by atoms with Crippen LogP contribution in [0.25, 0.3) is 0 Å². The number of benzene rings is 1. The molecule has 4 nitrogen and oxygen atoms in total. The number of carbonyl (C=O) groups excluding carboxylic acids is 1. The minimum atomic E-state index is -0.108. The molecule has 1 aromatic heterocycles. The van der Waals surface area contributed by atoms with E-state index in [0.29, 0.717) is 23.9 Å². The first-order chi connectivity index (χ1) is 10.6. The summed E-state index contributed by atoms with van der Waals surface area (Å²) in [6.45, 7) is 1.08. The second-order valence-corrected chi connectivity index (χ2v) is 7.28. The van der Waals surface area contributed by atoms with Crippen molar-refractivity contribution in [2.45, 2.75) is 19.4 Å². The third kappa shape index (κ3) is 3.06. The van der Waals surface area contributed by atoms with Crippen LogP contribution in [-0.4, -0.2) is 24.5 Å². The van der Waals surface area contributed by atoms with Crippen LogP contribution in [0.2, 0.25) is 5.02 Å². The highest BCUT2D eigenvalue weighted by molar-refractivity contribution is 9.10. The molecule has 0 unspecified atom stereocenters. The molecule has 3 rings (SSSR count). The third-order valence-electron chi connectivity index (χ3n) is 3.49. The van der Waals surface area contributed by atoms with Gasteiger partial charge in [-0.2, -0.15) is 0 Å². The van der Waals surface area contributed by atoms with Crippen molar-refractivity contribution in [1.82, 2.24) is 4.98 Å². The average molecular weight is 402 g/mol. The summed E-state index contributed by atoms with van der Waals surface area (Å²) in [4.78, 5) is 18.9. The Bertz CT molecular complexity index is 720. The number of halogens is 2. The van der Waals surface area contributed by atoms with Crippen LogP contribution >= 0.6 is 38.9 Å². The van der Waals surface area contributed by atoms with Crippen molar-refractivity contribution in [3.05, 3.63) is 43.3 Å². The Hall–Kier alpha value is -0.950. The van der Waals surface area contributed by atoms with Gasteiger partial charge in [-0.15, -0.1) is 11.3 Å². The largest absolute Gasteiger partial charge is 0.378 e. The highest BCUT2D eigenvalue weighted by Gasteiger charge is 2.27. The van der Waals surface area contributed by atoms with Crippen LogP contribution in [0.3, 0.4) is 0 Å². The number of aryl methyl sites for hydroxylation is 1. The normalized spacial score (nSPS) is 14.0. The summed E-state index contributed by atoms with van der Waals surface area (Å²) >= 11 is 11.2. The van der Waals surface area contributed by atoms with Gasteiger partial charge in [0.05, 0.1) is 17.3 Å². The Kier molecular flexibility index (Phi) is 4.82. The molecular weight excluding hydrogens is 388 g/mol. The molecule has 0 radical (unpaired) electrons. The number of amides is 1. The van der Waals surface area contributed by atoms with Crippen molar-refractivity contribution in [2.75, 3.05) is 18.6 Å². The minimum Gasteiger partial charge on any atom is -0.378 e. The molecule has 7 heteroatoms. The van der Waals surface area contributed by atoms with Gasteiger partial charge in [-0.3, -0.25) is 4.79 Å². The molecule has 0 bridgehead atoms. The fourth-order valence-corrected chi connectivity index (χ4v) is 4.31. The van der Waals surface area contributed by atoms with E-state index in [1.807, 2.05) is 12.1 Å². The molecule has 0 N–H and O–H groups in total. The quantitative estimate of drug-likeness (QED) is 0.770. The van der Waals surface area contributed by atoms with Crippen LogP contribution in [0.1, 0.15) is 27.5 Å². The zero-order valence-corrected chi connectivity index (χ0v) is 15.1. The van der Waals surface area contributed by atoms with Crippen LogP contribution in [0, 0.1) is 0 Å². The summed E-state index contributed by atoms with van der Waals surface area (Å²) in [5, 5.41) is 3.16. The standard InChI is InChI=1S/C15H14BrClN2O2S/c1-21-7-13-18-12(8-22-13)15(20)19-4-2-3-9-5-10(16)6-11(17)14(9)19/h5-6,8H,2-4,7H2,1H3. The molecule has 0 fully saturated rings. The number of nitrogens with zero attached hydrogens (tertiary/aromatic N) is 2. The summed E-state index contributed by atoms with van der Waals surface area (Å²) < 4.78 is 5.98. The Labute approximate surface area is 146 Å². The van der Waals surface area contributed by atoms with Gasteiger partial charge in [-0.25, -0.2) is 4.98 Å².